The normalized spacial score (nSPS) is 17.4. The third kappa shape index (κ3) is 6.46. The van der Waals surface area contributed by atoms with Crippen LogP contribution in [0, 0.1) is 5.92 Å². The Hall–Kier alpha value is -2.78. The van der Waals surface area contributed by atoms with Gasteiger partial charge in [0, 0.05) is 36.4 Å². The highest BCUT2D eigenvalue weighted by Crippen LogP contribution is 2.30. The molecule has 8 nitrogen and oxygen atoms in total. The van der Waals surface area contributed by atoms with Crippen LogP contribution in [-0.2, 0) is 10.0 Å². The molecular weight excluding hydrogens is 466 g/mol. The minimum absolute atomic E-state index is 0.0379. The Labute approximate surface area is 209 Å². The smallest absolute Gasteiger partial charge is 0.262 e. The minimum Gasteiger partial charge on any atom is -0.493 e. The third-order valence-corrected chi connectivity index (χ3v) is 7.90. The molecule has 0 spiro atoms. The number of sulfonamides is 1. The van der Waals surface area contributed by atoms with Gasteiger partial charge in [0.05, 0.1) is 19.1 Å². The number of carbonyl (C=O) groups excluding carboxylic acids is 1. The van der Waals surface area contributed by atoms with Crippen LogP contribution < -0.4 is 19.5 Å². The first-order chi connectivity index (χ1) is 16.8. The van der Waals surface area contributed by atoms with Crippen LogP contribution in [-0.4, -0.2) is 59.1 Å². The predicted molar refractivity (Wildman–Crippen MR) is 138 cm³/mol. The maximum absolute atomic E-state index is 13.6. The first kappa shape index (κ1) is 26.8. The Kier molecular flexibility index (Phi) is 9.40. The van der Waals surface area contributed by atoms with Crippen molar-refractivity contribution in [3.63, 3.8) is 0 Å². The molecule has 1 saturated heterocycles. The quantitative estimate of drug-likeness (QED) is 0.506. The molecule has 0 radical (unpaired) electrons. The van der Waals surface area contributed by atoms with E-state index in [0.717, 1.165) is 38.8 Å². The number of ether oxygens (including phenoxy) is 2. The van der Waals surface area contributed by atoms with Crippen LogP contribution in [0.2, 0.25) is 0 Å². The zero-order valence-electron chi connectivity index (χ0n) is 21.0. The summed E-state index contributed by atoms with van der Waals surface area (Å²) in [7, 11) is -0.961. The predicted octanol–water partition coefficient (Wildman–Crippen LogP) is 4.14. The lowest BCUT2D eigenvalue weighted by Crippen LogP contribution is -2.48. The van der Waals surface area contributed by atoms with Gasteiger partial charge < -0.3 is 19.7 Å². The van der Waals surface area contributed by atoms with E-state index in [1.54, 1.807) is 30.3 Å². The first-order valence-electron chi connectivity index (χ1n) is 12.2. The topological polar surface area (TPSA) is 97.0 Å². The number of carbonyl (C=O) groups is 1. The highest BCUT2D eigenvalue weighted by molar-refractivity contribution is 7.92. The molecule has 2 unspecified atom stereocenters. The summed E-state index contributed by atoms with van der Waals surface area (Å²) >= 11 is 0. The largest absolute Gasteiger partial charge is 0.493 e. The van der Waals surface area contributed by atoms with Crippen LogP contribution in [0.3, 0.4) is 0 Å². The molecule has 2 N–H and O–H groups in total. The molecule has 1 aliphatic heterocycles. The molecule has 1 amide bonds. The van der Waals surface area contributed by atoms with E-state index in [2.05, 4.69) is 23.9 Å². The number of methoxy groups -OCH3 is 2. The molecule has 3 rings (SSSR count). The second kappa shape index (κ2) is 12.3. The number of amides is 1. The average molecular weight is 504 g/mol. The number of hydrogen-bond acceptors (Lipinski definition) is 6. The Bertz CT molecular complexity index is 1110. The number of nitrogens with one attached hydrogen (secondary N) is 2. The summed E-state index contributed by atoms with van der Waals surface area (Å²) in [4.78, 5) is 15.6. The Morgan fingerprint density at radius 3 is 2.60 bits per heavy atom. The molecular formula is C26H37N3O5S. The van der Waals surface area contributed by atoms with Gasteiger partial charge in [0.2, 0.25) is 0 Å². The van der Waals surface area contributed by atoms with Gasteiger partial charge in [-0.15, -0.1) is 0 Å². The molecule has 1 heterocycles. The number of rotatable bonds is 10. The highest BCUT2D eigenvalue weighted by atomic mass is 32.2. The molecule has 2 atom stereocenters. The van der Waals surface area contributed by atoms with Gasteiger partial charge in [-0.3, -0.25) is 9.52 Å². The number of nitrogens with zero attached hydrogens (tertiary/aromatic N) is 1. The van der Waals surface area contributed by atoms with Gasteiger partial charge >= 0.3 is 0 Å². The standard InChI is InChI=1S/C26H37N3O5S/c1-5-9-19(6-2)23-18-27-14-8-15-29(23)26(30)20-10-7-11-21(16-20)28-35(31,32)22-12-13-24(33-3)25(17-22)34-4/h7,10-13,16-17,19,23,27-28H,5-6,8-9,14-15,18H2,1-4H3. The Balaban J connectivity index is 1.85. The minimum atomic E-state index is -3.90. The fourth-order valence-electron chi connectivity index (χ4n) is 4.69. The molecule has 2 aromatic rings. The zero-order valence-corrected chi connectivity index (χ0v) is 21.9. The first-order valence-corrected chi connectivity index (χ1v) is 13.7. The van der Waals surface area contributed by atoms with Crippen molar-refractivity contribution in [2.24, 2.45) is 5.92 Å². The van der Waals surface area contributed by atoms with E-state index in [1.165, 1.54) is 26.4 Å². The van der Waals surface area contributed by atoms with Gasteiger partial charge in [0.1, 0.15) is 0 Å². The molecule has 0 bridgehead atoms. The van der Waals surface area contributed by atoms with Crippen LogP contribution in [0.5, 0.6) is 11.5 Å². The van der Waals surface area contributed by atoms with Crippen molar-refractivity contribution in [3.05, 3.63) is 48.0 Å². The van der Waals surface area contributed by atoms with Crippen molar-refractivity contribution >= 4 is 21.6 Å². The van der Waals surface area contributed by atoms with Gasteiger partial charge in [-0.05, 0) is 55.6 Å². The van der Waals surface area contributed by atoms with Crippen LogP contribution in [0.1, 0.15) is 49.9 Å². The second-order valence-corrected chi connectivity index (χ2v) is 10.5. The second-order valence-electron chi connectivity index (χ2n) is 8.78. The summed E-state index contributed by atoms with van der Waals surface area (Å²) in [5.41, 5.74) is 0.798. The van der Waals surface area contributed by atoms with Crippen LogP contribution in [0.4, 0.5) is 5.69 Å². The Morgan fingerprint density at radius 1 is 1.14 bits per heavy atom. The molecule has 1 fully saturated rings. The highest BCUT2D eigenvalue weighted by Gasteiger charge is 2.31. The fraction of sp³-hybridized carbons (Fsp3) is 0.500. The third-order valence-electron chi connectivity index (χ3n) is 6.52. The molecule has 0 aliphatic carbocycles. The Morgan fingerprint density at radius 2 is 1.91 bits per heavy atom. The molecule has 0 saturated carbocycles. The molecule has 192 valence electrons. The van der Waals surface area contributed by atoms with Crippen LogP contribution in [0.25, 0.3) is 0 Å². The lowest BCUT2D eigenvalue weighted by molar-refractivity contribution is 0.0615. The number of anilines is 1. The van der Waals surface area contributed by atoms with Crippen LogP contribution >= 0.6 is 0 Å². The van der Waals surface area contributed by atoms with E-state index in [4.69, 9.17) is 9.47 Å². The van der Waals surface area contributed by atoms with Crippen LogP contribution in [0.15, 0.2) is 47.4 Å². The van der Waals surface area contributed by atoms with Crippen molar-refractivity contribution in [2.75, 3.05) is 38.6 Å². The summed E-state index contributed by atoms with van der Waals surface area (Å²) in [5.74, 6) is 1.10. The van der Waals surface area contributed by atoms with Gasteiger partial charge in [-0.25, -0.2) is 8.42 Å². The summed E-state index contributed by atoms with van der Waals surface area (Å²) in [5, 5.41) is 3.48. The van der Waals surface area contributed by atoms with Crippen molar-refractivity contribution in [1.29, 1.82) is 0 Å². The molecule has 0 aromatic heterocycles. The van der Waals surface area contributed by atoms with E-state index in [1.807, 2.05) is 4.90 Å². The lowest BCUT2D eigenvalue weighted by Gasteiger charge is -2.35. The van der Waals surface area contributed by atoms with Crippen molar-refractivity contribution in [3.8, 4) is 11.5 Å². The van der Waals surface area contributed by atoms with Gasteiger partial charge in [-0.1, -0.05) is 32.8 Å². The fourth-order valence-corrected chi connectivity index (χ4v) is 5.76. The monoisotopic (exact) mass is 503 g/mol. The number of hydrogen-bond donors (Lipinski definition) is 2. The van der Waals surface area contributed by atoms with Crippen molar-refractivity contribution in [2.45, 2.75) is 50.5 Å². The van der Waals surface area contributed by atoms with Gasteiger partial charge in [0.15, 0.2) is 11.5 Å². The summed E-state index contributed by atoms with van der Waals surface area (Å²) in [6, 6.07) is 11.2. The SMILES string of the molecule is CCCC(CC)C1CNCCCN1C(=O)c1cccc(NS(=O)(=O)c2ccc(OC)c(OC)c2)c1. The van der Waals surface area contributed by atoms with Crippen molar-refractivity contribution in [1.82, 2.24) is 10.2 Å². The summed E-state index contributed by atoms with van der Waals surface area (Å²) < 4.78 is 39.1. The molecule has 2 aromatic carbocycles. The van der Waals surface area contributed by atoms with E-state index >= 15 is 0 Å². The van der Waals surface area contributed by atoms with E-state index < -0.39 is 10.0 Å². The zero-order chi connectivity index (χ0) is 25.4. The van der Waals surface area contributed by atoms with Crippen molar-refractivity contribution < 1.29 is 22.7 Å². The lowest BCUT2D eigenvalue weighted by atomic mass is 9.90. The average Bonchev–Trinajstić information content (AvgIpc) is 3.12. The van der Waals surface area contributed by atoms with E-state index in [9.17, 15) is 13.2 Å². The van der Waals surface area contributed by atoms with E-state index in [-0.39, 0.29) is 16.8 Å². The maximum atomic E-state index is 13.6. The number of benzene rings is 2. The maximum Gasteiger partial charge on any atom is 0.262 e. The summed E-state index contributed by atoms with van der Waals surface area (Å²) in [6.45, 7) is 6.69. The van der Waals surface area contributed by atoms with Gasteiger partial charge in [0.25, 0.3) is 15.9 Å². The molecule has 1 aliphatic rings. The molecule has 35 heavy (non-hydrogen) atoms. The molecule has 9 heteroatoms. The van der Waals surface area contributed by atoms with E-state index in [0.29, 0.717) is 35.2 Å². The summed E-state index contributed by atoms with van der Waals surface area (Å²) in [6.07, 6.45) is 4.04. The van der Waals surface area contributed by atoms with Gasteiger partial charge in [-0.2, -0.15) is 0 Å².